The van der Waals surface area contributed by atoms with Crippen LogP contribution in [-0.2, 0) is 13.1 Å². The summed E-state index contributed by atoms with van der Waals surface area (Å²) in [5.74, 6) is 1.49. The van der Waals surface area contributed by atoms with Gasteiger partial charge in [0.25, 0.3) is 5.91 Å². The first-order chi connectivity index (χ1) is 18.2. The molecular weight excluding hydrogens is 567 g/mol. The van der Waals surface area contributed by atoms with Crippen LogP contribution < -0.4 is 20.7 Å². The van der Waals surface area contributed by atoms with E-state index in [9.17, 15) is 4.79 Å². The molecule has 0 bridgehead atoms. The van der Waals surface area contributed by atoms with Crippen LogP contribution in [0.3, 0.4) is 0 Å². The molecule has 0 aliphatic carbocycles. The molecule has 0 unspecified atom stereocenters. The highest BCUT2D eigenvalue weighted by atomic mass is 35.5. The van der Waals surface area contributed by atoms with Crippen molar-refractivity contribution in [3.05, 3.63) is 77.4 Å². The lowest BCUT2D eigenvalue weighted by atomic mass is 9.98. The van der Waals surface area contributed by atoms with Crippen molar-refractivity contribution in [2.45, 2.75) is 44.8 Å². The van der Waals surface area contributed by atoms with Crippen LogP contribution in [0.2, 0.25) is 0 Å². The second-order valence-corrected chi connectivity index (χ2v) is 10.6. The fourth-order valence-corrected chi connectivity index (χ4v) is 5.59. The monoisotopic (exact) mass is 608 g/mol. The third-order valence-corrected chi connectivity index (χ3v) is 7.85. The summed E-state index contributed by atoms with van der Waals surface area (Å²) in [6, 6.07) is 21.3. The number of hydrogen-bond acceptors (Lipinski definition) is 5. The maximum atomic E-state index is 12.7. The van der Waals surface area contributed by atoms with Crippen molar-refractivity contribution in [1.29, 1.82) is 0 Å². The van der Waals surface area contributed by atoms with Crippen molar-refractivity contribution < 1.29 is 9.53 Å². The van der Waals surface area contributed by atoms with Crippen LogP contribution in [-0.4, -0.2) is 56.7 Å². The Balaban J connectivity index is 0.00000187. The van der Waals surface area contributed by atoms with Gasteiger partial charge in [-0.25, -0.2) is 0 Å². The minimum absolute atomic E-state index is 0. The van der Waals surface area contributed by atoms with Crippen LogP contribution in [0.15, 0.2) is 60.7 Å². The molecule has 3 aromatic rings. The van der Waals surface area contributed by atoms with Gasteiger partial charge in [0.2, 0.25) is 0 Å². The summed E-state index contributed by atoms with van der Waals surface area (Å²) in [6.07, 6.45) is 4.49. The van der Waals surface area contributed by atoms with Gasteiger partial charge in [-0.2, -0.15) is 0 Å². The second-order valence-electron chi connectivity index (χ2n) is 10.6. The topological polar surface area (TPSA) is 65.6 Å². The third kappa shape index (κ3) is 9.51. The molecule has 2 aliphatic rings. The first-order valence-corrected chi connectivity index (χ1v) is 13.8. The number of rotatable bonds is 9. The van der Waals surface area contributed by atoms with Crippen molar-refractivity contribution in [3.8, 4) is 5.75 Å². The molecule has 2 aliphatic heterocycles. The molecule has 1 amide bonds. The number of amides is 1. The summed E-state index contributed by atoms with van der Waals surface area (Å²) in [7, 11) is 1.62. The number of methoxy groups -OCH3 is 1. The number of carbonyl (C=O) groups excluding carboxylic acids is 1. The fraction of sp³-hybridized carbons (Fsp3) is 0.452. The van der Waals surface area contributed by atoms with Gasteiger partial charge in [-0.05, 0) is 103 Å². The maximum Gasteiger partial charge on any atom is 0.251 e. The Morgan fingerprint density at radius 2 is 1.60 bits per heavy atom. The summed E-state index contributed by atoms with van der Waals surface area (Å²) < 4.78 is 5.25. The zero-order chi connectivity index (χ0) is 25.5. The number of halogens is 3. The highest BCUT2D eigenvalue weighted by Crippen LogP contribution is 2.21. The van der Waals surface area contributed by atoms with Gasteiger partial charge in [0.05, 0.1) is 7.11 Å². The first-order valence-electron chi connectivity index (χ1n) is 13.8. The van der Waals surface area contributed by atoms with Gasteiger partial charge >= 0.3 is 0 Å². The molecule has 3 N–H and O–H groups in total. The van der Waals surface area contributed by atoms with Crippen LogP contribution in [0.5, 0.6) is 5.75 Å². The average Bonchev–Trinajstić information content (AvgIpc) is 2.94. The minimum Gasteiger partial charge on any atom is -0.497 e. The Labute approximate surface area is 257 Å². The number of benzene rings is 3. The van der Waals surface area contributed by atoms with Gasteiger partial charge in [0.15, 0.2) is 0 Å². The zero-order valence-electron chi connectivity index (χ0n) is 23.2. The van der Waals surface area contributed by atoms with E-state index in [0.29, 0.717) is 11.3 Å². The first kappa shape index (κ1) is 34.1. The minimum atomic E-state index is -0.0204. The SMILES string of the molecule is COc1cccc(C(=O)NC2CCN(Cc3ccc4ccc(CNCC5CCNCC5)cc4c3)CC2)c1.Cl.Cl.Cl. The van der Waals surface area contributed by atoms with Gasteiger partial charge in [0, 0.05) is 37.8 Å². The lowest BCUT2D eigenvalue weighted by Gasteiger charge is -2.32. The molecule has 0 spiro atoms. The number of likely N-dealkylation sites (tertiary alicyclic amines) is 1. The summed E-state index contributed by atoms with van der Waals surface area (Å²) in [4.78, 5) is 15.2. The molecule has 0 saturated carbocycles. The Hall–Kier alpha value is -2.06. The largest absolute Gasteiger partial charge is 0.497 e. The van der Waals surface area contributed by atoms with Gasteiger partial charge in [-0.1, -0.05) is 30.3 Å². The molecule has 2 fully saturated rings. The Kier molecular flexibility index (Phi) is 14.5. The van der Waals surface area contributed by atoms with Crippen molar-refractivity contribution in [2.75, 3.05) is 39.8 Å². The van der Waals surface area contributed by atoms with Crippen LogP contribution >= 0.6 is 37.2 Å². The Morgan fingerprint density at radius 1 is 0.900 bits per heavy atom. The third-order valence-electron chi connectivity index (χ3n) is 7.85. The van der Waals surface area contributed by atoms with Crippen LogP contribution in [0.4, 0.5) is 0 Å². The molecule has 2 saturated heterocycles. The highest BCUT2D eigenvalue weighted by Gasteiger charge is 2.21. The smallest absolute Gasteiger partial charge is 0.251 e. The van der Waals surface area contributed by atoms with E-state index in [-0.39, 0.29) is 49.2 Å². The molecule has 0 atom stereocenters. The number of ether oxygens (including phenoxy) is 1. The van der Waals surface area contributed by atoms with Gasteiger partial charge in [-0.15, -0.1) is 37.2 Å². The Morgan fingerprint density at radius 3 is 2.33 bits per heavy atom. The summed E-state index contributed by atoms with van der Waals surface area (Å²) in [5, 5.41) is 12.9. The highest BCUT2D eigenvalue weighted by molar-refractivity contribution is 5.94. The molecule has 9 heteroatoms. The predicted molar refractivity (Wildman–Crippen MR) is 172 cm³/mol. The number of nitrogens with zero attached hydrogens (tertiary/aromatic N) is 1. The van der Waals surface area contributed by atoms with Crippen LogP contribution in [0.1, 0.15) is 47.2 Å². The van der Waals surface area contributed by atoms with Crippen molar-refractivity contribution in [1.82, 2.24) is 20.9 Å². The lowest BCUT2D eigenvalue weighted by molar-refractivity contribution is 0.0908. The molecule has 0 aromatic heterocycles. The number of piperidine rings is 2. The number of nitrogens with one attached hydrogen (secondary N) is 3. The van der Waals surface area contributed by atoms with Crippen molar-refractivity contribution in [3.63, 3.8) is 0 Å². The van der Waals surface area contributed by atoms with E-state index in [0.717, 1.165) is 64.6 Å². The normalized spacial score (nSPS) is 16.3. The standard InChI is InChI=1S/C31H40N4O2.3ClH/c1-37-30-4-2-3-27(19-30)31(36)34-29-11-15-35(16-12-29)22-25-6-8-26-7-5-24(17-28(26)18-25)21-33-20-23-9-13-32-14-10-23;;;/h2-8,17-19,23,29,32-33H,9-16,20-22H2,1H3,(H,34,36);3*1H. The second kappa shape index (κ2) is 17.0. The molecule has 2 heterocycles. The van der Waals surface area contributed by atoms with E-state index in [1.165, 1.54) is 34.7 Å². The summed E-state index contributed by atoms with van der Waals surface area (Å²) in [6.45, 7) is 7.27. The average molecular weight is 610 g/mol. The van der Waals surface area contributed by atoms with E-state index in [4.69, 9.17) is 4.74 Å². The molecular formula is C31H43Cl3N4O2. The Bertz CT molecular complexity index is 1200. The fourth-order valence-electron chi connectivity index (χ4n) is 5.59. The molecule has 3 aromatic carbocycles. The van der Waals surface area contributed by atoms with E-state index in [1.807, 2.05) is 18.2 Å². The maximum absolute atomic E-state index is 12.7. The van der Waals surface area contributed by atoms with Crippen molar-refractivity contribution >= 4 is 53.9 Å². The number of fused-ring (bicyclic) bond motifs is 1. The van der Waals surface area contributed by atoms with Crippen molar-refractivity contribution in [2.24, 2.45) is 5.92 Å². The molecule has 5 rings (SSSR count). The molecule has 6 nitrogen and oxygen atoms in total. The predicted octanol–water partition coefficient (Wildman–Crippen LogP) is 5.60. The number of carbonyl (C=O) groups is 1. The summed E-state index contributed by atoms with van der Waals surface area (Å²) >= 11 is 0. The van der Waals surface area contributed by atoms with Gasteiger partial charge in [0.1, 0.15) is 5.75 Å². The zero-order valence-corrected chi connectivity index (χ0v) is 25.6. The van der Waals surface area contributed by atoms with E-state index >= 15 is 0 Å². The van der Waals surface area contributed by atoms with Crippen LogP contribution in [0, 0.1) is 5.92 Å². The molecule has 220 valence electrons. The van der Waals surface area contributed by atoms with E-state index in [2.05, 4.69) is 57.2 Å². The summed E-state index contributed by atoms with van der Waals surface area (Å²) in [5.41, 5.74) is 3.36. The van der Waals surface area contributed by atoms with Gasteiger partial charge < -0.3 is 20.7 Å². The number of hydrogen-bond donors (Lipinski definition) is 3. The molecule has 0 radical (unpaired) electrons. The van der Waals surface area contributed by atoms with Crippen LogP contribution in [0.25, 0.3) is 10.8 Å². The van der Waals surface area contributed by atoms with Gasteiger partial charge in [-0.3, -0.25) is 9.69 Å². The lowest BCUT2D eigenvalue weighted by Crippen LogP contribution is -2.44. The molecule has 40 heavy (non-hydrogen) atoms. The van der Waals surface area contributed by atoms with E-state index in [1.54, 1.807) is 13.2 Å². The van der Waals surface area contributed by atoms with E-state index < -0.39 is 0 Å². The quantitative estimate of drug-likeness (QED) is 0.295.